The monoisotopic (exact) mass is 469 g/mol. The summed E-state index contributed by atoms with van der Waals surface area (Å²) in [7, 11) is 0. The van der Waals surface area contributed by atoms with Crippen LogP contribution in [0.2, 0.25) is 0 Å². The Morgan fingerprint density at radius 1 is 1.00 bits per heavy atom. The molecule has 0 aliphatic rings. The molecule has 0 aliphatic carbocycles. The molecule has 0 amide bonds. The lowest BCUT2D eigenvalue weighted by molar-refractivity contribution is 0.235. The summed E-state index contributed by atoms with van der Waals surface area (Å²) in [6.07, 6.45) is 3.54. The van der Waals surface area contributed by atoms with Gasteiger partial charge in [0.25, 0.3) is 5.56 Å². The van der Waals surface area contributed by atoms with Crippen LogP contribution in [0.25, 0.3) is 10.9 Å². The average Bonchev–Trinajstić information content (AvgIpc) is 3.28. The van der Waals surface area contributed by atoms with Crippen LogP contribution >= 0.6 is 0 Å². The number of pyridine rings is 2. The Balaban J connectivity index is 1.43. The molecule has 3 heterocycles. The van der Waals surface area contributed by atoms with Gasteiger partial charge in [0, 0.05) is 36.6 Å². The normalized spacial score (nSPS) is 11.4. The summed E-state index contributed by atoms with van der Waals surface area (Å²) in [5.74, 6) is 0.357. The molecule has 0 aliphatic heterocycles. The van der Waals surface area contributed by atoms with Gasteiger partial charge in [-0.1, -0.05) is 29.8 Å². The minimum Gasteiger partial charge on any atom is -0.322 e. The number of aromatic amines is 1. The second-order valence-corrected chi connectivity index (χ2v) is 8.60. The zero-order chi connectivity index (χ0) is 24.2. The number of aromatic nitrogens is 6. The summed E-state index contributed by atoms with van der Waals surface area (Å²) in [6, 6.07) is 18.1. The Bertz CT molecular complexity index is 1500. The van der Waals surface area contributed by atoms with Gasteiger partial charge in [-0.3, -0.25) is 14.7 Å². The Morgan fingerprint density at radius 3 is 2.66 bits per heavy atom. The van der Waals surface area contributed by atoms with Gasteiger partial charge >= 0.3 is 0 Å². The summed E-state index contributed by atoms with van der Waals surface area (Å²) in [6.45, 7) is 3.81. The quantitative estimate of drug-likeness (QED) is 0.373. The molecular formula is C26H24FN7O. The molecule has 8 nitrogen and oxygen atoms in total. The first kappa shape index (κ1) is 22.5. The molecule has 0 fully saturated rings. The van der Waals surface area contributed by atoms with Crippen LogP contribution in [0.4, 0.5) is 4.39 Å². The Kier molecular flexibility index (Phi) is 6.40. The number of aryl methyl sites for hydroxylation is 1. The molecule has 9 heteroatoms. The molecule has 1 N–H and O–H groups in total. The standard InChI is InChI=1S/C26H24FN7O/c1-18-4-9-24-21(11-18)12-22(26(35)29-24)16-33(14-20-3-2-10-28-13-20)17-25-30-31-32-34(25)15-19-5-7-23(27)8-6-19/h2-13H,14-17H2,1H3,(H,29,35). The lowest BCUT2D eigenvalue weighted by Crippen LogP contribution is -2.28. The zero-order valence-corrected chi connectivity index (χ0v) is 19.2. The maximum absolute atomic E-state index is 13.3. The van der Waals surface area contributed by atoms with E-state index in [1.54, 1.807) is 23.0 Å². The van der Waals surface area contributed by atoms with Crippen molar-refractivity contribution < 1.29 is 4.39 Å². The highest BCUT2D eigenvalue weighted by molar-refractivity contribution is 5.79. The first-order chi connectivity index (χ1) is 17.0. The highest BCUT2D eigenvalue weighted by Crippen LogP contribution is 2.16. The molecule has 0 unspecified atom stereocenters. The van der Waals surface area contributed by atoms with Crippen LogP contribution in [0, 0.1) is 12.7 Å². The van der Waals surface area contributed by atoms with Gasteiger partial charge in [-0.2, -0.15) is 0 Å². The van der Waals surface area contributed by atoms with E-state index in [2.05, 4.69) is 36.5 Å². The minimum absolute atomic E-state index is 0.122. The number of H-pyrrole nitrogens is 1. The Hall–Kier alpha value is -4.24. The summed E-state index contributed by atoms with van der Waals surface area (Å²) < 4.78 is 15.0. The van der Waals surface area contributed by atoms with Crippen LogP contribution in [-0.4, -0.2) is 35.1 Å². The van der Waals surface area contributed by atoms with Crippen molar-refractivity contribution in [3.8, 4) is 0 Å². The zero-order valence-electron chi connectivity index (χ0n) is 19.2. The summed E-state index contributed by atoms with van der Waals surface area (Å²) in [5, 5.41) is 13.2. The molecule has 0 saturated heterocycles. The number of fused-ring (bicyclic) bond motifs is 1. The van der Waals surface area contributed by atoms with Crippen LogP contribution in [0.3, 0.4) is 0 Å². The van der Waals surface area contributed by atoms with Crippen molar-refractivity contribution in [1.82, 2.24) is 35.1 Å². The maximum atomic E-state index is 13.3. The Labute approximate surface area is 201 Å². The van der Waals surface area contributed by atoms with Gasteiger partial charge in [0.1, 0.15) is 5.82 Å². The van der Waals surface area contributed by atoms with Crippen LogP contribution in [0.1, 0.15) is 28.1 Å². The number of rotatable bonds is 8. The smallest absolute Gasteiger partial charge is 0.252 e. The van der Waals surface area contributed by atoms with Crippen molar-refractivity contribution in [2.75, 3.05) is 0 Å². The second kappa shape index (κ2) is 9.94. The van der Waals surface area contributed by atoms with Crippen molar-refractivity contribution in [2.45, 2.75) is 33.1 Å². The van der Waals surface area contributed by atoms with E-state index in [4.69, 9.17) is 0 Å². The molecule has 35 heavy (non-hydrogen) atoms. The number of benzene rings is 2. The number of nitrogens with one attached hydrogen (secondary N) is 1. The molecule has 0 bridgehead atoms. The van der Waals surface area contributed by atoms with Gasteiger partial charge in [-0.05, 0) is 70.3 Å². The van der Waals surface area contributed by atoms with E-state index >= 15 is 0 Å². The largest absolute Gasteiger partial charge is 0.322 e. The van der Waals surface area contributed by atoms with Gasteiger partial charge in [0.05, 0.1) is 13.1 Å². The molecule has 0 saturated carbocycles. The molecular weight excluding hydrogens is 445 g/mol. The van der Waals surface area contributed by atoms with Crippen molar-refractivity contribution >= 4 is 10.9 Å². The molecule has 176 valence electrons. The molecule has 3 aromatic heterocycles. The first-order valence-corrected chi connectivity index (χ1v) is 11.3. The van der Waals surface area contributed by atoms with Crippen molar-refractivity contribution in [3.63, 3.8) is 0 Å². The van der Waals surface area contributed by atoms with Crippen LogP contribution in [-0.2, 0) is 26.2 Å². The Morgan fingerprint density at radius 2 is 1.86 bits per heavy atom. The van der Waals surface area contributed by atoms with Crippen LogP contribution in [0.5, 0.6) is 0 Å². The second-order valence-electron chi connectivity index (χ2n) is 8.60. The SMILES string of the molecule is Cc1ccc2[nH]c(=O)c(CN(Cc3cccnc3)Cc3nnnn3Cc3ccc(F)cc3)cc2c1. The highest BCUT2D eigenvalue weighted by Gasteiger charge is 2.16. The molecule has 2 aromatic carbocycles. The number of nitrogens with zero attached hydrogens (tertiary/aromatic N) is 6. The third-order valence-corrected chi connectivity index (χ3v) is 5.82. The topological polar surface area (TPSA) is 92.6 Å². The van der Waals surface area contributed by atoms with E-state index < -0.39 is 0 Å². The fraction of sp³-hybridized carbons (Fsp3) is 0.192. The fourth-order valence-electron chi connectivity index (χ4n) is 4.07. The van der Waals surface area contributed by atoms with Gasteiger partial charge in [-0.25, -0.2) is 9.07 Å². The third kappa shape index (κ3) is 5.47. The van der Waals surface area contributed by atoms with Crippen LogP contribution in [0.15, 0.2) is 77.9 Å². The van der Waals surface area contributed by atoms with E-state index in [-0.39, 0.29) is 11.4 Å². The van der Waals surface area contributed by atoms with Crippen molar-refractivity contribution in [3.05, 3.63) is 117 Å². The predicted octanol–water partition coefficient (Wildman–Crippen LogP) is 3.61. The number of tetrazole rings is 1. The third-order valence-electron chi connectivity index (χ3n) is 5.82. The summed E-state index contributed by atoms with van der Waals surface area (Å²) in [5.41, 5.74) is 4.38. The lowest BCUT2D eigenvalue weighted by Gasteiger charge is -2.22. The van der Waals surface area contributed by atoms with E-state index in [9.17, 15) is 9.18 Å². The van der Waals surface area contributed by atoms with Gasteiger partial charge in [0.2, 0.25) is 0 Å². The van der Waals surface area contributed by atoms with Crippen molar-refractivity contribution in [1.29, 1.82) is 0 Å². The average molecular weight is 470 g/mol. The van der Waals surface area contributed by atoms with Crippen molar-refractivity contribution in [2.24, 2.45) is 0 Å². The molecule has 5 rings (SSSR count). The lowest BCUT2D eigenvalue weighted by atomic mass is 10.1. The molecule has 0 atom stereocenters. The summed E-state index contributed by atoms with van der Waals surface area (Å²) >= 11 is 0. The highest BCUT2D eigenvalue weighted by atomic mass is 19.1. The van der Waals surface area contributed by atoms with E-state index in [0.717, 1.165) is 27.6 Å². The van der Waals surface area contributed by atoms with E-state index in [1.165, 1.54) is 12.1 Å². The minimum atomic E-state index is -0.288. The number of halogens is 1. The summed E-state index contributed by atoms with van der Waals surface area (Å²) in [4.78, 5) is 22.2. The van der Waals surface area contributed by atoms with Crippen LogP contribution < -0.4 is 5.56 Å². The number of hydrogen-bond acceptors (Lipinski definition) is 6. The van der Waals surface area contributed by atoms with Gasteiger partial charge in [0.15, 0.2) is 5.82 Å². The first-order valence-electron chi connectivity index (χ1n) is 11.3. The fourth-order valence-corrected chi connectivity index (χ4v) is 4.07. The molecule has 5 aromatic rings. The van der Waals surface area contributed by atoms with Gasteiger partial charge < -0.3 is 4.98 Å². The van der Waals surface area contributed by atoms with Gasteiger partial charge in [-0.15, -0.1) is 5.10 Å². The number of hydrogen-bond donors (Lipinski definition) is 1. The maximum Gasteiger partial charge on any atom is 0.252 e. The predicted molar refractivity (Wildman–Crippen MR) is 130 cm³/mol. The van der Waals surface area contributed by atoms with E-state index in [0.29, 0.717) is 37.6 Å². The molecule has 0 spiro atoms. The molecule has 0 radical (unpaired) electrons. The van der Waals surface area contributed by atoms with E-state index in [1.807, 2.05) is 43.5 Å².